The minimum atomic E-state index is -0.418. The molecule has 0 atom stereocenters. The number of benzene rings is 5. The van der Waals surface area contributed by atoms with Crippen molar-refractivity contribution >= 4 is 57.4 Å². The molecule has 306 valence electrons. The van der Waals surface area contributed by atoms with Gasteiger partial charge in [0.05, 0.1) is 71.9 Å². The van der Waals surface area contributed by atoms with Gasteiger partial charge in [0.25, 0.3) is 0 Å². The SMILES string of the molecule is C=CC(=O)OCCCCOc1ccc(N=Nc2ccc(N=Nc3ccc(N=Nc4ccc(N=Nc5ccc(OCCCCOC(=O)C=C)cc5)cc4C)cc3C)cc2)cc1. The highest BCUT2D eigenvalue weighted by Crippen LogP contribution is 2.31. The molecule has 0 saturated carbocycles. The first-order chi connectivity index (χ1) is 29.3. The number of unbranched alkanes of at least 4 members (excludes halogenated alkanes) is 2. The lowest BCUT2D eigenvalue weighted by Crippen LogP contribution is -2.04. The van der Waals surface area contributed by atoms with Crippen molar-refractivity contribution in [1.29, 1.82) is 0 Å². The van der Waals surface area contributed by atoms with Crippen LogP contribution in [0.4, 0.5) is 45.5 Å². The number of hydrogen-bond acceptors (Lipinski definition) is 14. The smallest absolute Gasteiger partial charge is 0.330 e. The molecule has 14 heteroatoms. The van der Waals surface area contributed by atoms with Crippen LogP contribution < -0.4 is 9.47 Å². The number of carbonyl (C=O) groups is 2. The zero-order chi connectivity index (χ0) is 42.4. The Morgan fingerprint density at radius 2 is 0.733 bits per heavy atom. The molecule has 0 fully saturated rings. The van der Waals surface area contributed by atoms with Crippen molar-refractivity contribution in [3.63, 3.8) is 0 Å². The summed E-state index contributed by atoms with van der Waals surface area (Å²) in [6.45, 7) is 12.4. The monoisotopic (exact) mass is 806 g/mol. The van der Waals surface area contributed by atoms with E-state index in [2.05, 4.69) is 54.1 Å². The second kappa shape index (κ2) is 23.7. The van der Waals surface area contributed by atoms with E-state index in [0.29, 0.717) is 79.1 Å². The number of rotatable bonds is 22. The molecule has 0 aliphatic rings. The Bertz CT molecular complexity index is 2320. The van der Waals surface area contributed by atoms with Gasteiger partial charge in [0.2, 0.25) is 0 Å². The molecular formula is C46H46N8O6. The van der Waals surface area contributed by atoms with Gasteiger partial charge in [-0.25, -0.2) is 9.59 Å². The van der Waals surface area contributed by atoms with Gasteiger partial charge < -0.3 is 18.9 Å². The van der Waals surface area contributed by atoms with Crippen LogP contribution in [0.5, 0.6) is 11.5 Å². The quantitative estimate of drug-likeness (QED) is 0.0291. The van der Waals surface area contributed by atoms with Crippen molar-refractivity contribution in [2.75, 3.05) is 26.4 Å². The van der Waals surface area contributed by atoms with Crippen LogP contribution in [0.2, 0.25) is 0 Å². The van der Waals surface area contributed by atoms with Crippen LogP contribution >= 0.6 is 0 Å². The van der Waals surface area contributed by atoms with Crippen molar-refractivity contribution in [3.05, 3.63) is 146 Å². The minimum absolute atomic E-state index is 0.342. The lowest BCUT2D eigenvalue weighted by atomic mass is 10.2. The Morgan fingerprint density at radius 3 is 1.10 bits per heavy atom. The van der Waals surface area contributed by atoms with Crippen LogP contribution in [0.1, 0.15) is 36.8 Å². The summed E-state index contributed by atoms with van der Waals surface area (Å²) >= 11 is 0. The standard InChI is InChI=1S/C46H46N8O6/c1-5-45(55)59-29-9-7-27-57-41-21-15-37(16-22-41)48-47-35-11-13-36(14-12-35)50-53-43-26-20-40(32-34(43)4)52-54-44-25-19-39(31-33(44)3)51-49-38-17-23-42(24-18-38)58-28-8-10-30-60-46(56)6-2/h5-6,11-26,31-32H,1-2,7-10,27-30H2,3-4H3. The maximum atomic E-state index is 11.1. The molecule has 0 bridgehead atoms. The van der Waals surface area contributed by atoms with Crippen LogP contribution in [-0.4, -0.2) is 38.4 Å². The molecule has 5 aromatic rings. The Morgan fingerprint density at radius 1 is 0.433 bits per heavy atom. The maximum absolute atomic E-state index is 11.1. The predicted molar refractivity (Wildman–Crippen MR) is 230 cm³/mol. The molecule has 0 N–H and O–H groups in total. The molecule has 0 radical (unpaired) electrons. The summed E-state index contributed by atoms with van der Waals surface area (Å²) in [5.74, 6) is 0.614. The topological polar surface area (TPSA) is 170 Å². The number of aryl methyl sites for hydroxylation is 2. The lowest BCUT2D eigenvalue weighted by molar-refractivity contribution is -0.138. The first kappa shape index (κ1) is 43.6. The molecule has 0 aliphatic heterocycles. The fraction of sp³-hybridized carbons (Fsp3) is 0.217. The summed E-state index contributed by atoms with van der Waals surface area (Å²) in [4.78, 5) is 22.1. The average Bonchev–Trinajstić information content (AvgIpc) is 3.27. The minimum Gasteiger partial charge on any atom is -0.494 e. The third-order valence-corrected chi connectivity index (χ3v) is 8.43. The molecule has 60 heavy (non-hydrogen) atoms. The largest absolute Gasteiger partial charge is 0.494 e. The molecule has 0 amide bonds. The Hall–Kier alpha value is -7.48. The second-order valence-electron chi connectivity index (χ2n) is 13.1. The number of carbonyl (C=O) groups excluding carboxylic acids is 2. The normalized spacial score (nSPS) is 11.4. The molecule has 0 aromatic heterocycles. The van der Waals surface area contributed by atoms with E-state index in [4.69, 9.17) is 18.9 Å². The fourth-order valence-electron chi connectivity index (χ4n) is 5.14. The summed E-state index contributed by atoms with van der Waals surface area (Å²) in [6, 6.07) is 33.2. The molecule has 0 saturated heterocycles. The van der Waals surface area contributed by atoms with Gasteiger partial charge in [-0.1, -0.05) is 13.2 Å². The summed E-state index contributed by atoms with van der Waals surface area (Å²) in [5, 5.41) is 35.0. The molecule has 0 unspecified atom stereocenters. The molecule has 14 nitrogen and oxygen atoms in total. The van der Waals surface area contributed by atoms with E-state index in [0.717, 1.165) is 53.3 Å². The van der Waals surface area contributed by atoms with Gasteiger partial charge in [0, 0.05) is 12.2 Å². The van der Waals surface area contributed by atoms with E-state index >= 15 is 0 Å². The van der Waals surface area contributed by atoms with E-state index in [1.54, 1.807) is 0 Å². The maximum Gasteiger partial charge on any atom is 0.330 e. The van der Waals surface area contributed by atoms with Crippen molar-refractivity contribution in [3.8, 4) is 11.5 Å². The van der Waals surface area contributed by atoms with Gasteiger partial charge in [-0.15, -0.1) is 0 Å². The van der Waals surface area contributed by atoms with Gasteiger partial charge in [0.1, 0.15) is 11.5 Å². The average molecular weight is 807 g/mol. The summed E-state index contributed by atoms with van der Waals surface area (Å²) < 4.78 is 21.4. The number of hydrogen-bond donors (Lipinski definition) is 0. The van der Waals surface area contributed by atoms with Crippen LogP contribution in [-0.2, 0) is 19.1 Å². The van der Waals surface area contributed by atoms with E-state index in [9.17, 15) is 9.59 Å². The first-order valence-electron chi connectivity index (χ1n) is 19.3. The van der Waals surface area contributed by atoms with Crippen molar-refractivity contribution in [2.24, 2.45) is 40.9 Å². The number of esters is 2. The number of nitrogens with zero attached hydrogens (tertiary/aromatic N) is 8. The van der Waals surface area contributed by atoms with Crippen molar-refractivity contribution < 1.29 is 28.5 Å². The predicted octanol–water partition coefficient (Wildman–Crippen LogP) is 13.7. The van der Waals surface area contributed by atoms with Crippen LogP contribution in [0, 0.1) is 13.8 Å². The van der Waals surface area contributed by atoms with Gasteiger partial charge in [0.15, 0.2) is 0 Å². The zero-order valence-electron chi connectivity index (χ0n) is 33.6. The summed E-state index contributed by atoms with van der Waals surface area (Å²) in [6.07, 6.45) is 5.24. The zero-order valence-corrected chi connectivity index (χ0v) is 33.6. The van der Waals surface area contributed by atoms with Crippen LogP contribution in [0.15, 0.2) is 175 Å². The Balaban J connectivity index is 1.05. The van der Waals surface area contributed by atoms with E-state index in [-0.39, 0.29) is 0 Å². The highest BCUT2D eigenvalue weighted by atomic mass is 16.5. The Kier molecular flexibility index (Phi) is 17.2. The number of azo groups is 4. The number of ether oxygens (including phenoxy) is 4. The molecular weight excluding hydrogens is 761 g/mol. The van der Waals surface area contributed by atoms with Gasteiger partial charge in [-0.3, -0.25) is 0 Å². The van der Waals surface area contributed by atoms with Crippen molar-refractivity contribution in [1.82, 2.24) is 0 Å². The van der Waals surface area contributed by atoms with Gasteiger partial charge >= 0.3 is 11.9 Å². The molecule has 0 aliphatic carbocycles. The highest BCUT2D eigenvalue weighted by Gasteiger charge is 2.04. The fourth-order valence-corrected chi connectivity index (χ4v) is 5.14. The highest BCUT2D eigenvalue weighted by molar-refractivity contribution is 5.81. The molecule has 5 aromatic carbocycles. The van der Waals surface area contributed by atoms with Crippen LogP contribution in [0.25, 0.3) is 0 Å². The van der Waals surface area contributed by atoms with E-state index in [1.807, 2.05) is 123 Å². The van der Waals surface area contributed by atoms with Gasteiger partial charge in [-0.05, 0) is 160 Å². The second-order valence-corrected chi connectivity index (χ2v) is 13.1. The summed E-state index contributed by atoms with van der Waals surface area (Å²) in [5.41, 5.74) is 7.36. The Labute approximate surface area is 349 Å². The molecule has 0 heterocycles. The third kappa shape index (κ3) is 15.1. The van der Waals surface area contributed by atoms with Crippen molar-refractivity contribution in [2.45, 2.75) is 39.5 Å². The molecule has 5 rings (SSSR count). The third-order valence-electron chi connectivity index (χ3n) is 8.43. The van der Waals surface area contributed by atoms with E-state index in [1.165, 1.54) is 0 Å². The lowest BCUT2D eigenvalue weighted by Gasteiger charge is -2.06. The first-order valence-corrected chi connectivity index (χ1v) is 19.3. The summed E-state index contributed by atoms with van der Waals surface area (Å²) in [7, 11) is 0. The van der Waals surface area contributed by atoms with Crippen LogP contribution in [0.3, 0.4) is 0 Å². The van der Waals surface area contributed by atoms with E-state index < -0.39 is 11.9 Å². The molecule has 0 spiro atoms. The van der Waals surface area contributed by atoms with Gasteiger partial charge in [-0.2, -0.15) is 40.9 Å².